The standard InChI is InChI=1S/C12H18N2O3S2/c15-12(13-10-11-2-1-7-18-11)3-4-14-5-8-19(16,17)9-6-14/h1-2,7H,3-6,8-10H2,(H,13,15). The van der Waals surface area contributed by atoms with Crippen LogP contribution in [0.1, 0.15) is 11.3 Å². The Morgan fingerprint density at radius 3 is 2.74 bits per heavy atom. The summed E-state index contributed by atoms with van der Waals surface area (Å²) >= 11 is 1.62. The highest BCUT2D eigenvalue weighted by atomic mass is 32.2. The highest BCUT2D eigenvalue weighted by molar-refractivity contribution is 7.91. The predicted molar refractivity (Wildman–Crippen MR) is 75.9 cm³/mol. The molecular formula is C12H18N2O3S2. The van der Waals surface area contributed by atoms with Gasteiger partial charge < -0.3 is 10.2 Å². The SMILES string of the molecule is O=C(CCN1CCS(=O)(=O)CC1)NCc1cccs1. The van der Waals surface area contributed by atoms with Gasteiger partial charge in [-0.25, -0.2) is 8.42 Å². The van der Waals surface area contributed by atoms with Gasteiger partial charge in [0, 0.05) is 30.9 Å². The number of carbonyl (C=O) groups is 1. The molecule has 0 bridgehead atoms. The van der Waals surface area contributed by atoms with Crippen LogP contribution in [0.2, 0.25) is 0 Å². The van der Waals surface area contributed by atoms with Gasteiger partial charge >= 0.3 is 0 Å². The van der Waals surface area contributed by atoms with E-state index in [1.807, 2.05) is 22.4 Å². The van der Waals surface area contributed by atoms with Gasteiger partial charge in [0.25, 0.3) is 0 Å². The number of rotatable bonds is 5. The van der Waals surface area contributed by atoms with Crippen molar-refractivity contribution in [2.75, 3.05) is 31.1 Å². The van der Waals surface area contributed by atoms with E-state index in [2.05, 4.69) is 5.32 Å². The normalized spacial score (nSPS) is 19.2. The first-order valence-electron chi connectivity index (χ1n) is 6.27. The van der Waals surface area contributed by atoms with Crippen LogP contribution in [0.5, 0.6) is 0 Å². The number of hydrogen-bond donors (Lipinski definition) is 1. The lowest BCUT2D eigenvalue weighted by Crippen LogP contribution is -2.41. The zero-order valence-corrected chi connectivity index (χ0v) is 12.3. The molecule has 106 valence electrons. The summed E-state index contributed by atoms with van der Waals surface area (Å²) < 4.78 is 22.5. The van der Waals surface area contributed by atoms with E-state index in [0.717, 1.165) is 4.88 Å². The number of amides is 1. The zero-order chi connectivity index (χ0) is 13.7. The molecule has 0 saturated carbocycles. The summed E-state index contributed by atoms with van der Waals surface area (Å²) in [5, 5.41) is 4.85. The Hall–Kier alpha value is -0.920. The summed E-state index contributed by atoms with van der Waals surface area (Å²) in [5.74, 6) is 0.440. The molecule has 1 N–H and O–H groups in total. The molecule has 2 rings (SSSR count). The molecule has 0 aromatic carbocycles. The molecule has 0 aliphatic carbocycles. The van der Waals surface area contributed by atoms with Crippen LogP contribution in [0.15, 0.2) is 17.5 Å². The van der Waals surface area contributed by atoms with Crippen molar-refractivity contribution in [3.8, 4) is 0 Å². The number of hydrogen-bond acceptors (Lipinski definition) is 5. The lowest BCUT2D eigenvalue weighted by atomic mass is 10.3. The molecule has 7 heteroatoms. The van der Waals surface area contributed by atoms with E-state index in [1.165, 1.54) is 0 Å². The highest BCUT2D eigenvalue weighted by Crippen LogP contribution is 2.08. The van der Waals surface area contributed by atoms with Gasteiger partial charge in [0.1, 0.15) is 0 Å². The Kier molecular flexibility index (Phi) is 4.95. The maximum Gasteiger partial charge on any atom is 0.221 e. The van der Waals surface area contributed by atoms with E-state index >= 15 is 0 Å². The summed E-state index contributed by atoms with van der Waals surface area (Å²) in [5.41, 5.74) is 0. The Bertz CT molecular complexity index is 497. The van der Waals surface area contributed by atoms with E-state index in [9.17, 15) is 13.2 Å². The highest BCUT2D eigenvalue weighted by Gasteiger charge is 2.21. The summed E-state index contributed by atoms with van der Waals surface area (Å²) in [6, 6.07) is 3.95. The van der Waals surface area contributed by atoms with E-state index in [1.54, 1.807) is 11.3 Å². The molecule has 5 nitrogen and oxygen atoms in total. The third-order valence-corrected chi connectivity index (χ3v) is 5.62. The molecule has 19 heavy (non-hydrogen) atoms. The second-order valence-corrected chi connectivity index (χ2v) is 7.94. The Balaban J connectivity index is 1.64. The van der Waals surface area contributed by atoms with Crippen LogP contribution >= 0.6 is 11.3 Å². The predicted octanol–water partition coefficient (Wildman–Crippen LogP) is 0.485. The number of sulfone groups is 1. The van der Waals surface area contributed by atoms with Gasteiger partial charge in [0.05, 0.1) is 18.1 Å². The molecule has 1 amide bonds. The molecule has 1 fully saturated rings. The summed E-state index contributed by atoms with van der Waals surface area (Å²) in [6.07, 6.45) is 0.422. The molecule has 2 heterocycles. The fraction of sp³-hybridized carbons (Fsp3) is 0.583. The average molecular weight is 302 g/mol. The monoisotopic (exact) mass is 302 g/mol. The van der Waals surface area contributed by atoms with Gasteiger partial charge in [-0.15, -0.1) is 11.3 Å². The van der Waals surface area contributed by atoms with Crippen molar-refractivity contribution in [3.63, 3.8) is 0 Å². The first kappa shape index (κ1) is 14.5. The molecule has 0 unspecified atom stereocenters. The van der Waals surface area contributed by atoms with E-state index in [0.29, 0.717) is 32.6 Å². The van der Waals surface area contributed by atoms with Crippen LogP contribution in [0.25, 0.3) is 0 Å². The van der Waals surface area contributed by atoms with E-state index in [4.69, 9.17) is 0 Å². The third kappa shape index (κ3) is 4.93. The van der Waals surface area contributed by atoms with Crippen molar-refractivity contribution in [1.82, 2.24) is 10.2 Å². The number of thiophene rings is 1. The summed E-state index contributed by atoms with van der Waals surface area (Å²) in [6.45, 7) is 2.29. The number of nitrogens with zero attached hydrogens (tertiary/aromatic N) is 1. The molecule has 0 radical (unpaired) electrons. The van der Waals surface area contributed by atoms with Crippen molar-refractivity contribution in [2.45, 2.75) is 13.0 Å². The Morgan fingerprint density at radius 1 is 1.37 bits per heavy atom. The summed E-state index contributed by atoms with van der Waals surface area (Å²) in [4.78, 5) is 14.8. The average Bonchev–Trinajstić information content (AvgIpc) is 2.88. The maximum absolute atomic E-state index is 11.7. The Morgan fingerprint density at radius 2 is 2.11 bits per heavy atom. The molecule has 1 aromatic heterocycles. The van der Waals surface area contributed by atoms with Gasteiger partial charge in [-0.05, 0) is 11.4 Å². The number of nitrogens with one attached hydrogen (secondary N) is 1. The molecule has 0 spiro atoms. The molecule has 1 aliphatic heterocycles. The molecule has 1 aliphatic rings. The van der Waals surface area contributed by atoms with E-state index < -0.39 is 9.84 Å². The van der Waals surface area contributed by atoms with Crippen LogP contribution in [0.3, 0.4) is 0 Å². The zero-order valence-electron chi connectivity index (χ0n) is 10.7. The lowest BCUT2D eigenvalue weighted by Gasteiger charge is -2.26. The largest absolute Gasteiger partial charge is 0.351 e. The molecular weight excluding hydrogens is 284 g/mol. The molecule has 1 saturated heterocycles. The van der Waals surface area contributed by atoms with Gasteiger partial charge in [-0.2, -0.15) is 0 Å². The van der Waals surface area contributed by atoms with Crippen LogP contribution in [0, 0.1) is 0 Å². The topological polar surface area (TPSA) is 66.5 Å². The number of carbonyl (C=O) groups excluding carboxylic acids is 1. The second-order valence-electron chi connectivity index (χ2n) is 4.60. The maximum atomic E-state index is 11.7. The third-order valence-electron chi connectivity index (χ3n) is 3.13. The quantitative estimate of drug-likeness (QED) is 0.859. The van der Waals surface area contributed by atoms with Crippen LogP contribution in [-0.4, -0.2) is 50.4 Å². The second kappa shape index (κ2) is 6.49. The molecule has 0 atom stereocenters. The van der Waals surface area contributed by atoms with Crippen LogP contribution < -0.4 is 5.32 Å². The summed E-state index contributed by atoms with van der Waals surface area (Å²) in [7, 11) is -2.83. The van der Waals surface area contributed by atoms with Crippen molar-refractivity contribution >= 4 is 27.1 Å². The van der Waals surface area contributed by atoms with Gasteiger partial charge in [-0.3, -0.25) is 4.79 Å². The van der Waals surface area contributed by atoms with Crippen LogP contribution in [0.4, 0.5) is 0 Å². The van der Waals surface area contributed by atoms with Gasteiger partial charge in [0.15, 0.2) is 9.84 Å². The fourth-order valence-electron chi connectivity index (χ4n) is 1.92. The Labute approximate surface area is 117 Å². The smallest absolute Gasteiger partial charge is 0.221 e. The fourth-order valence-corrected chi connectivity index (χ4v) is 3.84. The van der Waals surface area contributed by atoms with Crippen molar-refractivity contribution < 1.29 is 13.2 Å². The van der Waals surface area contributed by atoms with Gasteiger partial charge in [0.2, 0.25) is 5.91 Å². The first-order valence-corrected chi connectivity index (χ1v) is 8.97. The lowest BCUT2D eigenvalue weighted by molar-refractivity contribution is -0.121. The minimum atomic E-state index is -2.83. The first-order chi connectivity index (χ1) is 9.05. The minimum Gasteiger partial charge on any atom is -0.351 e. The van der Waals surface area contributed by atoms with Crippen LogP contribution in [-0.2, 0) is 21.2 Å². The van der Waals surface area contributed by atoms with E-state index in [-0.39, 0.29) is 17.4 Å². The minimum absolute atomic E-state index is 0.0156. The van der Waals surface area contributed by atoms with Crippen molar-refractivity contribution in [3.05, 3.63) is 22.4 Å². The molecule has 1 aromatic rings. The van der Waals surface area contributed by atoms with Gasteiger partial charge in [-0.1, -0.05) is 6.07 Å². The van der Waals surface area contributed by atoms with Crippen molar-refractivity contribution in [1.29, 1.82) is 0 Å². The van der Waals surface area contributed by atoms with Crippen molar-refractivity contribution in [2.24, 2.45) is 0 Å².